The molecule has 6 heteroatoms. The molecule has 3 heterocycles. The average molecular weight is 296 g/mol. The molecule has 0 radical (unpaired) electrons. The van der Waals surface area contributed by atoms with Gasteiger partial charge in [-0.05, 0) is 25.7 Å². The van der Waals surface area contributed by atoms with E-state index in [1.807, 2.05) is 9.80 Å². The molecule has 3 fully saturated rings. The van der Waals surface area contributed by atoms with Crippen LogP contribution in [0.2, 0.25) is 0 Å². The monoisotopic (exact) mass is 296 g/mol. The van der Waals surface area contributed by atoms with Gasteiger partial charge in [-0.3, -0.25) is 4.79 Å². The molecule has 2 amide bonds. The van der Waals surface area contributed by atoms with Crippen LogP contribution in [0.3, 0.4) is 0 Å². The van der Waals surface area contributed by atoms with Gasteiger partial charge in [-0.2, -0.15) is 0 Å². The van der Waals surface area contributed by atoms with E-state index in [-0.39, 0.29) is 24.0 Å². The Labute approximate surface area is 125 Å². The first-order valence-electron chi connectivity index (χ1n) is 8.06. The third-order valence-corrected chi connectivity index (χ3v) is 4.65. The lowest BCUT2D eigenvalue weighted by atomic mass is 9.97. The fraction of sp³-hybridized carbons (Fsp3) is 0.867. The Morgan fingerprint density at radius 1 is 0.952 bits per heavy atom. The molecule has 0 N–H and O–H groups in total. The molecule has 118 valence electrons. The highest BCUT2D eigenvalue weighted by Gasteiger charge is 2.32. The summed E-state index contributed by atoms with van der Waals surface area (Å²) in [4.78, 5) is 28.2. The normalized spacial score (nSPS) is 27.1. The van der Waals surface area contributed by atoms with Crippen molar-refractivity contribution in [1.82, 2.24) is 9.80 Å². The number of carbonyl (C=O) groups is 2. The second-order valence-corrected chi connectivity index (χ2v) is 6.16. The van der Waals surface area contributed by atoms with Gasteiger partial charge in [0.25, 0.3) is 0 Å². The molecule has 0 bridgehead atoms. The number of rotatable bonds is 2. The quantitative estimate of drug-likeness (QED) is 0.720. The molecule has 1 atom stereocenters. The molecule has 0 aromatic heterocycles. The number of carbonyl (C=O) groups excluding carboxylic acids is 2. The molecule has 6 nitrogen and oxygen atoms in total. The smallest absolute Gasteiger partial charge is 0.319 e. The number of esters is 1. The Kier molecular flexibility index (Phi) is 4.63. The van der Waals surface area contributed by atoms with E-state index in [1.54, 1.807) is 0 Å². The standard InChI is InChI=1S/C15H24N2O4/c18-14(21-13-5-10-20-11-13)12-3-8-17(9-4-12)15(19)16-6-1-2-7-16/h12-13H,1-11H2/t13-/m1/s1. The molecule has 3 aliphatic rings. The molecule has 3 aliphatic heterocycles. The highest BCUT2D eigenvalue weighted by atomic mass is 16.6. The number of amides is 2. The highest BCUT2D eigenvalue weighted by molar-refractivity contribution is 5.76. The van der Waals surface area contributed by atoms with Crippen LogP contribution in [0.1, 0.15) is 32.1 Å². The van der Waals surface area contributed by atoms with Gasteiger partial charge in [-0.1, -0.05) is 0 Å². The lowest BCUT2D eigenvalue weighted by molar-refractivity contribution is -0.155. The predicted octanol–water partition coefficient (Wildman–Crippen LogP) is 1.25. The zero-order chi connectivity index (χ0) is 14.7. The minimum atomic E-state index is -0.112. The average Bonchev–Trinajstić information content (AvgIpc) is 3.20. The van der Waals surface area contributed by atoms with Gasteiger partial charge in [0.2, 0.25) is 0 Å². The number of piperidine rings is 1. The second-order valence-electron chi connectivity index (χ2n) is 6.16. The molecule has 21 heavy (non-hydrogen) atoms. The van der Waals surface area contributed by atoms with E-state index in [2.05, 4.69) is 0 Å². The van der Waals surface area contributed by atoms with Crippen molar-refractivity contribution in [2.75, 3.05) is 39.4 Å². The van der Waals surface area contributed by atoms with Crippen molar-refractivity contribution in [2.24, 2.45) is 5.92 Å². The Morgan fingerprint density at radius 2 is 1.62 bits per heavy atom. The van der Waals surface area contributed by atoms with E-state index in [0.717, 1.165) is 32.4 Å². The van der Waals surface area contributed by atoms with Crippen LogP contribution in [0, 0.1) is 5.92 Å². The summed E-state index contributed by atoms with van der Waals surface area (Å²) in [7, 11) is 0. The minimum Gasteiger partial charge on any atom is -0.460 e. The predicted molar refractivity (Wildman–Crippen MR) is 75.8 cm³/mol. The van der Waals surface area contributed by atoms with E-state index >= 15 is 0 Å². The fourth-order valence-electron chi connectivity index (χ4n) is 3.28. The summed E-state index contributed by atoms with van der Waals surface area (Å²) < 4.78 is 10.7. The van der Waals surface area contributed by atoms with Crippen molar-refractivity contribution in [3.8, 4) is 0 Å². The number of urea groups is 1. The van der Waals surface area contributed by atoms with Crippen molar-refractivity contribution >= 4 is 12.0 Å². The van der Waals surface area contributed by atoms with Crippen LogP contribution in [0.4, 0.5) is 4.79 Å². The van der Waals surface area contributed by atoms with Crippen molar-refractivity contribution in [3.63, 3.8) is 0 Å². The van der Waals surface area contributed by atoms with E-state index in [1.165, 1.54) is 0 Å². The van der Waals surface area contributed by atoms with Crippen LogP contribution in [0.15, 0.2) is 0 Å². The van der Waals surface area contributed by atoms with E-state index in [9.17, 15) is 9.59 Å². The van der Waals surface area contributed by atoms with Crippen molar-refractivity contribution in [1.29, 1.82) is 0 Å². The molecule has 0 saturated carbocycles. The molecule has 0 spiro atoms. The second kappa shape index (κ2) is 6.64. The molecule has 3 rings (SSSR count). The lowest BCUT2D eigenvalue weighted by Gasteiger charge is -2.33. The first-order chi connectivity index (χ1) is 10.2. The minimum absolute atomic E-state index is 0.0618. The summed E-state index contributed by atoms with van der Waals surface area (Å²) in [5.41, 5.74) is 0. The molecule has 0 aromatic carbocycles. The summed E-state index contributed by atoms with van der Waals surface area (Å²) in [6.07, 6.45) is 4.38. The van der Waals surface area contributed by atoms with Gasteiger partial charge < -0.3 is 19.3 Å². The number of hydrogen-bond donors (Lipinski definition) is 0. The summed E-state index contributed by atoms with van der Waals surface area (Å²) in [6, 6.07) is 0.142. The number of nitrogens with zero attached hydrogens (tertiary/aromatic N) is 2. The van der Waals surface area contributed by atoms with E-state index in [0.29, 0.717) is 39.1 Å². The molecule has 0 aromatic rings. The van der Waals surface area contributed by atoms with Gasteiger partial charge in [0.05, 0.1) is 19.1 Å². The van der Waals surface area contributed by atoms with Crippen LogP contribution in [0.5, 0.6) is 0 Å². The molecule has 3 saturated heterocycles. The van der Waals surface area contributed by atoms with E-state index in [4.69, 9.17) is 9.47 Å². The van der Waals surface area contributed by atoms with Crippen LogP contribution in [0.25, 0.3) is 0 Å². The number of ether oxygens (including phenoxy) is 2. The van der Waals surface area contributed by atoms with Crippen molar-refractivity contribution < 1.29 is 19.1 Å². The van der Waals surface area contributed by atoms with Gasteiger partial charge >= 0.3 is 12.0 Å². The lowest BCUT2D eigenvalue weighted by Crippen LogP contribution is -2.46. The number of hydrogen-bond acceptors (Lipinski definition) is 4. The van der Waals surface area contributed by atoms with Crippen LogP contribution >= 0.6 is 0 Å². The van der Waals surface area contributed by atoms with Gasteiger partial charge in [-0.15, -0.1) is 0 Å². The van der Waals surface area contributed by atoms with E-state index < -0.39 is 0 Å². The molecule has 0 aliphatic carbocycles. The SMILES string of the molecule is O=C(O[C@@H]1CCOC1)C1CCN(C(=O)N2CCCC2)CC1. The maximum Gasteiger partial charge on any atom is 0.319 e. The van der Waals surface area contributed by atoms with Crippen LogP contribution < -0.4 is 0 Å². The molecular weight excluding hydrogens is 272 g/mol. The Morgan fingerprint density at radius 3 is 2.24 bits per heavy atom. The van der Waals surface area contributed by atoms with Gasteiger partial charge in [0.15, 0.2) is 0 Å². The summed E-state index contributed by atoms with van der Waals surface area (Å²) in [5, 5.41) is 0. The van der Waals surface area contributed by atoms with Gasteiger partial charge in [0, 0.05) is 32.6 Å². The summed E-state index contributed by atoms with van der Waals surface area (Å²) >= 11 is 0. The maximum absolute atomic E-state index is 12.3. The zero-order valence-electron chi connectivity index (χ0n) is 12.5. The topological polar surface area (TPSA) is 59.1 Å². The zero-order valence-corrected chi connectivity index (χ0v) is 12.5. The highest BCUT2D eigenvalue weighted by Crippen LogP contribution is 2.22. The third-order valence-electron chi connectivity index (χ3n) is 4.65. The summed E-state index contributed by atoms with van der Waals surface area (Å²) in [6.45, 7) is 4.29. The molecular formula is C15H24N2O4. The Balaban J connectivity index is 1.43. The summed E-state index contributed by atoms with van der Waals surface area (Å²) in [5.74, 6) is -0.174. The maximum atomic E-state index is 12.3. The van der Waals surface area contributed by atoms with Gasteiger partial charge in [-0.25, -0.2) is 4.79 Å². The Hall–Kier alpha value is -1.30. The molecule has 0 unspecified atom stereocenters. The Bertz CT molecular complexity index is 381. The van der Waals surface area contributed by atoms with Crippen molar-refractivity contribution in [3.05, 3.63) is 0 Å². The largest absolute Gasteiger partial charge is 0.460 e. The van der Waals surface area contributed by atoms with Crippen LogP contribution in [-0.2, 0) is 14.3 Å². The first-order valence-corrected chi connectivity index (χ1v) is 8.06. The third kappa shape index (κ3) is 3.48. The van der Waals surface area contributed by atoms with Crippen LogP contribution in [-0.4, -0.2) is 67.3 Å². The van der Waals surface area contributed by atoms with Gasteiger partial charge in [0.1, 0.15) is 6.10 Å². The van der Waals surface area contributed by atoms with Crippen molar-refractivity contribution in [2.45, 2.75) is 38.2 Å². The number of likely N-dealkylation sites (tertiary alicyclic amines) is 2. The fourth-order valence-corrected chi connectivity index (χ4v) is 3.28. The first kappa shape index (κ1) is 14.6.